The summed E-state index contributed by atoms with van der Waals surface area (Å²) in [6, 6.07) is 15.6. The number of nitrogens with zero attached hydrogens (tertiary/aromatic N) is 3. The molecule has 0 radical (unpaired) electrons. The first-order chi connectivity index (χ1) is 14.6. The molecule has 0 atom stereocenters. The van der Waals surface area contributed by atoms with E-state index < -0.39 is 0 Å². The number of carbonyl (C=O) groups is 2. The second-order valence-corrected chi connectivity index (χ2v) is 7.13. The van der Waals surface area contributed by atoms with Gasteiger partial charge in [0.2, 0.25) is 12.3 Å². The molecule has 0 spiro atoms. The van der Waals surface area contributed by atoms with Crippen molar-refractivity contribution >= 4 is 24.0 Å². The first kappa shape index (κ1) is 21.2. The molecule has 1 aliphatic rings. The Morgan fingerprint density at radius 1 is 1.30 bits per heavy atom. The highest BCUT2D eigenvalue weighted by Gasteiger charge is 2.18. The molecule has 1 aliphatic heterocycles. The molecule has 0 unspecified atom stereocenters. The summed E-state index contributed by atoms with van der Waals surface area (Å²) in [7, 11) is 1.82. The molecule has 3 rings (SSSR count). The van der Waals surface area contributed by atoms with Crippen molar-refractivity contribution in [3.63, 3.8) is 0 Å². The summed E-state index contributed by atoms with van der Waals surface area (Å²) in [4.78, 5) is 30.7. The smallest absolute Gasteiger partial charge is 0.222 e. The van der Waals surface area contributed by atoms with Crippen LogP contribution in [0.1, 0.15) is 24.0 Å². The van der Waals surface area contributed by atoms with E-state index in [0.29, 0.717) is 51.6 Å². The summed E-state index contributed by atoms with van der Waals surface area (Å²) in [6.07, 6.45) is 1.69. The number of ether oxygens (including phenoxy) is 1. The molecule has 2 aromatic rings. The molecule has 3 N–H and O–H groups in total. The number of carbonyl (C=O) groups excluding carboxylic acids is 2. The quantitative estimate of drug-likeness (QED) is 0.462. The van der Waals surface area contributed by atoms with E-state index in [1.54, 1.807) is 9.80 Å². The molecular formula is C22H27N5O3. The van der Waals surface area contributed by atoms with Crippen LogP contribution in [0.2, 0.25) is 0 Å². The number of guanidine groups is 1. The van der Waals surface area contributed by atoms with Crippen molar-refractivity contribution in [3.8, 4) is 5.75 Å². The molecule has 0 aromatic heterocycles. The summed E-state index contributed by atoms with van der Waals surface area (Å²) in [5.41, 5.74) is 8.79. The molecule has 0 bridgehead atoms. The first-order valence-electron chi connectivity index (χ1n) is 9.86. The predicted molar refractivity (Wildman–Crippen MR) is 115 cm³/mol. The van der Waals surface area contributed by atoms with E-state index in [2.05, 4.69) is 10.3 Å². The fourth-order valence-electron chi connectivity index (χ4n) is 3.20. The van der Waals surface area contributed by atoms with Gasteiger partial charge in [-0.1, -0.05) is 30.3 Å². The highest BCUT2D eigenvalue weighted by atomic mass is 16.5. The summed E-state index contributed by atoms with van der Waals surface area (Å²) in [5, 5.41) is 2.59. The molecule has 158 valence electrons. The average molecular weight is 409 g/mol. The topological polar surface area (TPSA) is 100 Å². The molecule has 8 heteroatoms. The van der Waals surface area contributed by atoms with Crippen LogP contribution in [0, 0.1) is 0 Å². The van der Waals surface area contributed by atoms with Gasteiger partial charge >= 0.3 is 0 Å². The van der Waals surface area contributed by atoms with Crippen LogP contribution in [-0.2, 0) is 22.7 Å². The normalized spacial score (nSPS) is 12.6. The number of rotatable bonds is 10. The number of hydrogen-bond donors (Lipinski definition) is 2. The molecular weight excluding hydrogens is 382 g/mol. The summed E-state index contributed by atoms with van der Waals surface area (Å²) < 4.78 is 5.82. The van der Waals surface area contributed by atoms with E-state index in [1.165, 1.54) is 0 Å². The third kappa shape index (κ3) is 5.73. The predicted octanol–water partition coefficient (Wildman–Crippen LogP) is 1.97. The third-order valence-electron chi connectivity index (χ3n) is 4.83. The van der Waals surface area contributed by atoms with Crippen LogP contribution in [-0.4, -0.2) is 48.4 Å². The molecule has 0 aliphatic carbocycles. The fraction of sp³-hybridized carbons (Fsp3) is 0.318. The highest BCUT2D eigenvalue weighted by Crippen LogP contribution is 2.29. The van der Waals surface area contributed by atoms with Gasteiger partial charge in [0.25, 0.3) is 0 Å². The van der Waals surface area contributed by atoms with Gasteiger partial charge in [-0.3, -0.25) is 9.59 Å². The van der Waals surface area contributed by atoms with Crippen LogP contribution in [0.15, 0.2) is 53.5 Å². The van der Waals surface area contributed by atoms with E-state index in [0.717, 1.165) is 22.6 Å². The minimum Gasteiger partial charge on any atom is -0.494 e. The number of hydrogen-bond acceptors (Lipinski definition) is 6. The standard InChI is InChI=1S/C22H27N5O3/c1-26(13-17-6-3-2-4-7-17)21(29)8-5-11-30-19-9-10-20-18(12-19)14-27(15-24-16-28)22(23)25-20/h2-4,6-7,9-10,12,16H,5,8,11,13-15H2,1H3,(H2,23,25)(H,24,28). The zero-order chi connectivity index (χ0) is 21.3. The Bertz CT molecular complexity index is 901. The van der Waals surface area contributed by atoms with E-state index >= 15 is 0 Å². The van der Waals surface area contributed by atoms with Gasteiger partial charge < -0.3 is 25.6 Å². The maximum Gasteiger partial charge on any atom is 0.222 e. The Morgan fingerprint density at radius 2 is 2.10 bits per heavy atom. The van der Waals surface area contributed by atoms with Crippen LogP contribution in [0.3, 0.4) is 0 Å². The summed E-state index contributed by atoms with van der Waals surface area (Å²) >= 11 is 0. The van der Waals surface area contributed by atoms with Crippen molar-refractivity contribution in [1.82, 2.24) is 15.1 Å². The Hall–Kier alpha value is -3.55. The second-order valence-electron chi connectivity index (χ2n) is 7.13. The molecule has 2 amide bonds. The second kappa shape index (κ2) is 10.3. The molecule has 30 heavy (non-hydrogen) atoms. The highest BCUT2D eigenvalue weighted by molar-refractivity contribution is 5.83. The number of benzene rings is 2. The lowest BCUT2D eigenvalue weighted by Crippen LogP contribution is -2.43. The molecule has 0 saturated heterocycles. The zero-order valence-corrected chi connectivity index (χ0v) is 17.1. The lowest BCUT2D eigenvalue weighted by molar-refractivity contribution is -0.130. The van der Waals surface area contributed by atoms with Crippen LogP contribution >= 0.6 is 0 Å². The number of amides is 2. The van der Waals surface area contributed by atoms with Crippen molar-refractivity contribution in [2.24, 2.45) is 10.7 Å². The minimum absolute atomic E-state index is 0.0935. The van der Waals surface area contributed by atoms with E-state index in [1.807, 2.05) is 55.6 Å². The third-order valence-corrected chi connectivity index (χ3v) is 4.83. The Balaban J connectivity index is 1.45. The van der Waals surface area contributed by atoms with Gasteiger partial charge in [-0.2, -0.15) is 0 Å². The zero-order valence-electron chi connectivity index (χ0n) is 17.1. The van der Waals surface area contributed by atoms with Gasteiger partial charge in [0.15, 0.2) is 5.96 Å². The molecule has 1 heterocycles. The van der Waals surface area contributed by atoms with Crippen LogP contribution in [0.25, 0.3) is 0 Å². The first-order valence-corrected chi connectivity index (χ1v) is 9.86. The fourth-order valence-corrected chi connectivity index (χ4v) is 3.20. The van der Waals surface area contributed by atoms with Crippen molar-refractivity contribution < 1.29 is 14.3 Å². The van der Waals surface area contributed by atoms with Crippen LogP contribution in [0.4, 0.5) is 5.69 Å². The minimum atomic E-state index is 0.0935. The van der Waals surface area contributed by atoms with Crippen LogP contribution < -0.4 is 15.8 Å². The maximum absolute atomic E-state index is 12.3. The molecule has 2 aromatic carbocycles. The lowest BCUT2D eigenvalue weighted by Gasteiger charge is -2.27. The Labute approximate surface area is 176 Å². The van der Waals surface area contributed by atoms with Gasteiger partial charge in [-0.15, -0.1) is 0 Å². The average Bonchev–Trinajstić information content (AvgIpc) is 2.76. The van der Waals surface area contributed by atoms with Crippen molar-refractivity contribution in [1.29, 1.82) is 0 Å². The molecule has 8 nitrogen and oxygen atoms in total. The largest absolute Gasteiger partial charge is 0.494 e. The van der Waals surface area contributed by atoms with Crippen molar-refractivity contribution in [3.05, 3.63) is 59.7 Å². The van der Waals surface area contributed by atoms with Crippen molar-refractivity contribution in [2.45, 2.75) is 25.9 Å². The van der Waals surface area contributed by atoms with Gasteiger partial charge in [-0.05, 0) is 30.2 Å². The van der Waals surface area contributed by atoms with E-state index in [4.69, 9.17) is 10.5 Å². The van der Waals surface area contributed by atoms with Gasteiger partial charge in [0, 0.05) is 32.1 Å². The van der Waals surface area contributed by atoms with Gasteiger partial charge in [-0.25, -0.2) is 4.99 Å². The molecule has 0 saturated carbocycles. The maximum atomic E-state index is 12.3. The number of aliphatic imine (C=N–C) groups is 1. The van der Waals surface area contributed by atoms with E-state index in [9.17, 15) is 9.59 Å². The summed E-state index contributed by atoms with van der Waals surface area (Å²) in [5.74, 6) is 1.18. The molecule has 0 fully saturated rings. The van der Waals surface area contributed by atoms with Crippen LogP contribution in [0.5, 0.6) is 5.75 Å². The number of nitrogens with one attached hydrogen (secondary N) is 1. The van der Waals surface area contributed by atoms with Gasteiger partial charge in [0.05, 0.1) is 19.0 Å². The Kier molecular flexibility index (Phi) is 7.26. The monoisotopic (exact) mass is 409 g/mol. The Morgan fingerprint density at radius 3 is 2.87 bits per heavy atom. The SMILES string of the molecule is CN(Cc1ccccc1)C(=O)CCCOc1ccc2c(c1)CN(CNC=O)C(N)=N2. The summed E-state index contributed by atoms with van der Waals surface area (Å²) in [6.45, 7) is 1.88. The van der Waals surface area contributed by atoms with Crippen molar-refractivity contribution in [2.75, 3.05) is 20.3 Å². The van der Waals surface area contributed by atoms with E-state index in [-0.39, 0.29) is 5.91 Å². The number of nitrogens with two attached hydrogens (primary N) is 1. The number of fused-ring (bicyclic) bond motifs is 1. The lowest BCUT2D eigenvalue weighted by atomic mass is 10.1. The van der Waals surface area contributed by atoms with Gasteiger partial charge in [0.1, 0.15) is 5.75 Å².